The van der Waals surface area contributed by atoms with Crippen molar-refractivity contribution in [1.29, 1.82) is 0 Å². The normalized spacial score (nSPS) is 9.86. The van der Waals surface area contributed by atoms with E-state index in [4.69, 9.17) is 9.84 Å². The molecule has 0 atom stereocenters. The van der Waals surface area contributed by atoms with Crippen molar-refractivity contribution in [2.45, 2.75) is 19.3 Å². The van der Waals surface area contributed by atoms with E-state index in [1.54, 1.807) is 7.11 Å². The summed E-state index contributed by atoms with van der Waals surface area (Å²) in [6.45, 7) is 0.919. The molecule has 5 heteroatoms. The maximum absolute atomic E-state index is 13.3. The van der Waals surface area contributed by atoms with Gasteiger partial charge in [-0.2, -0.15) is 0 Å². The second kappa shape index (κ2) is 9.92. The molecule has 114 valence electrons. The fourth-order valence-electron chi connectivity index (χ4n) is 1.79. The summed E-state index contributed by atoms with van der Waals surface area (Å²) in [6.07, 6.45) is 2.73. The molecule has 2 N–H and O–H groups in total. The van der Waals surface area contributed by atoms with Gasteiger partial charge in [-0.1, -0.05) is 11.8 Å². The Morgan fingerprint density at radius 2 is 2.19 bits per heavy atom. The molecule has 0 spiro atoms. The molecule has 0 unspecified atom stereocenters. The van der Waals surface area contributed by atoms with Crippen LogP contribution in [0.3, 0.4) is 0 Å². The van der Waals surface area contributed by atoms with Gasteiger partial charge in [0.05, 0.1) is 5.56 Å². The van der Waals surface area contributed by atoms with Crippen molar-refractivity contribution in [3.8, 4) is 11.8 Å². The summed E-state index contributed by atoms with van der Waals surface area (Å²) >= 11 is 0. The molecule has 0 aliphatic carbocycles. The number of carbonyl (C=O) groups excluding carboxylic acids is 1. The van der Waals surface area contributed by atoms with Gasteiger partial charge in [0, 0.05) is 25.8 Å². The molecule has 0 aliphatic rings. The highest BCUT2D eigenvalue weighted by atomic mass is 19.1. The monoisotopic (exact) mass is 293 g/mol. The van der Waals surface area contributed by atoms with Gasteiger partial charge in [-0.25, -0.2) is 4.39 Å². The Balaban J connectivity index is 2.58. The van der Waals surface area contributed by atoms with Crippen LogP contribution >= 0.6 is 0 Å². The molecule has 1 amide bonds. The van der Waals surface area contributed by atoms with Gasteiger partial charge in [0.25, 0.3) is 5.91 Å². The molecule has 0 fully saturated rings. The Hall–Kier alpha value is -1.90. The van der Waals surface area contributed by atoms with E-state index in [0.29, 0.717) is 18.7 Å². The average molecular weight is 293 g/mol. The summed E-state index contributed by atoms with van der Waals surface area (Å²) in [6, 6.07) is 3.83. The van der Waals surface area contributed by atoms with Gasteiger partial charge < -0.3 is 15.2 Å². The number of hydrogen-bond donors (Lipinski definition) is 2. The van der Waals surface area contributed by atoms with Crippen LogP contribution in [0.2, 0.25) is 0 Å². The minimum Gasteiger partial charge on any atom is -0.385 e. The summed E-state index contributed by atoms with van der Waals surface area (Å²) in [5.41, 5.74) is 0.593. The quantitative estimate of drug-likeness (QED) is 0.594. The number of unbranched alkanes of at least 4 members (excludes halogenated alkanes) is 2. The van der Waals surface area contributed by atoms with Crippen molar-refractivity contribution in [1.82, 2.24) is 5.32 Å². The maximum Gasteiger partial charge on any atom is 0.252 e. The van der Waals surface area contributed by atoms with Crippen LogP contribution in [0.4, 0.5) is 4.39 Å². The van der Waals surface area contributed by atoms with Crippen LogP contribution in [0.1, 0.15) is 35.2 Å². The highest BCUT2D eigenvalue weighted by Gasteiger charge is 2.11. The number of benzene rings is 1. The molecule has 0 aromatic heterocycles. The third-order valence-corrected chi connectivity index (χ3v) is 2.84. The number of amides is 1. The van der Waals surface area contributed by atoms with E-state index >= 15 is 0 Å². The van der Waals surface area contributed by atoms with Crippen molar-refractivity contribution in [3.05, 3.63) is 35.1 Å². The smallest absolute Gasteiger partial charge is 0.252 e. The minimum atomic E-state index is -0.491. The number of ether oxygens (including phenoxy) is 1. The first-order chi connectivity index (χ1) is 10.2. The van der Waals surface area contributed by atoms with Crippen LogP contribution < -0.4 is 5.32 Å². The van der Waals surface area contributed by atoms with Gasteiger partial charge >= 0.3 is 0 Å². The number of hydrogen-bond acceptors (Lipinski definition) is 3. The molecule has 0 aliphatic heterocycles. The summed E-state index contributed by atoms with van der Waals surface area (Å²) < 4.78 is 18.2. The Kier molecular flexibility index (Phi) is 8.10. The maximum atomic E-state index is 13.3. The number of aliphatic hydroxyl groups is 1. The highest BCUT2D eigenvalue weighted by Crippen LogP contribution is 2.10. The molecule has 1 rings (SSSR count). The number of nitrogens with one attached hydrogen (secondary N) is 1. The van der Waals surface area contributed by atoms with E-state index in [-0.39, 0.29) is 18.1 Å². The molecule has 4 nitrogen and oxygen atoms in total. The van der Waals surface area contributed by atoms with Crippen LogP contribution in [-0.4, -0.2) is 37.9 Å². The van der Waals surface area contributed by atoms with Crippen molar-refractivity contribution in [2.24, 2.45) is 0 Å². The topological polar surface area (TPSA) is 58.6 Å². The molecule has 0 saturated heterocycles. The van der Waals surface area contributed by atoms with Gasteiger partial charge in [-0.3, -0.25) is 4.79 Å². The van der Waals surface area contributed by atoms with Crippen LogP contribution in [0, 0.1) is 17.7 Å². The standard InChI is InChI=1S/C16H20FNO3/c1-21-11-4-2-3-9-18-16(20)15-12-14(17)8-7-13(15)6-5-10-19/h7-8,12,19H,2-4,9-11H2,1H3,(H,18,20). The predicted octanol–water partition coefficient (Wildman–Crippen LogP) is 1.72. The molecule has 0 radical (unpaired) electrons. The Morgan fingerprint density at radius 3 is 2.90 bits per heavy atom. The Labute approximate surface area is 124 Å². The molecule has 0 heterocycles. The molecular formula is C16H20FNO3. The van der Waals surface area contributed by atoms with Gasteiger partial charge in [-0.05, 0) is 37.5 Å². The van der Waals surface area contributed by atoms with E-state index in [9.17, 15) is 9.18 Å². The predicted molar refractivity (Wildman–Crippen MR) is 78.4 cm³/mol. The molecule has 1 aromatic carbocycles. The van der Waals surface area contributed by atoms with Crippen LogP contribution in [0.5, 0.6) is 0 Å². The minimum absolute atomic E-state index is 0.188. The lowest BCUT2D eigenvalue weighted by molar-refractivity contribution is 0.0952. The Morgan fingerprint density at radius 1 is 1.38 bits per heavy atom. The summed E-state index contributed by atoms with van der Waals surface area (Å²) in [5.74, 6) is 4.26. The largest absolute Gasteiger partial charge is 0.385 e. The van der Waals surface area contributed by atoms with E-state index in [2.05, 4.69) is 17.2 Å². The van der Waals surface area contributed by atoms with Crippen LogP contribution in [0.25, 0.3) is 0 Å². The third-order valence-electron chi connectivity index (χ3n) is 2.84. The van der Waals surface area contributed by atoms with Gasteiger partial charge in [0.1, 0.15) is 12.4 Å². The van der Waals surface area contributed by atoms with E-state index in [1.165, 1.54) is 12.1 Å². The number of rotatable bonds is 7. The molecule has 0 bridgehead atoms. The first-order valence-electron chi connectivity index (χ1n) is 6.85. The summed E-state index contributed by atoms with van der Waals surface area (Å²) in [5, 5.41) is 11.4. The van der Waals surface area contributed by atoms with E-state index in [1.807, 2.05) is 0 Å². The highest BCUT2D eigenvalue weighted by molar-refractivity contribution is 5.96. The summed E-state index contributed by atoms with van der Waals surface area (Å²) in [7, 11) is 1.65. The van der Waals surface area contributed by atoms with Gasteiger partial charge in [0.2, 0.25) is 0 Å². The van der Waals surface area contributed by atoms with Gasteiger partial charge in [0.15, 0.2) is 0 Å². The van der Waals surface area contributed by atoms with Crippen molar-refractivity contribution >= 4 is 5.91 Å². The number of carbonyl (C=O) groups is 1. The first kappa shape index (κ1) is 17.2. The summed E-state index contributed by atoms with van der Waals surface area (Å²) in [4.78, 5) is 12.0. The lowest BCUT2D eigenvalue weighted by Crippen LogP contribution is -2.25. The second-order valence-corrected chi connectivity index (χ2v) is 4.46. The number of methoxy groups -OCH3 is 1. The average Bonchev–Trinajstić information content (AvgIpc) is 2.49. The number of aliphatic hydroxyl groups excluding tert-OH is 1. The van der Waals surface area contributed by atoms with Crippen molar-refractivity contribution in [2.75, 3.05) is 26.9 Å². The molecule has 0 saturated carbocycles. The van der Waals surface area contributed by atoms with Gasteiger partial charge in [-0.15, -0.1) is 0 Å². The zero-order valence-corrected chi connectivity index (χ0v) is 12.1. The van der Waals surface area contributed by atoms with Crippen molar-refractivity contribution < 1.29 is 19.0 Å². The Bertz CT molecular complexity index is 520. The zero-order chi connectivity index (χ0) is 15.5. The SMILES string of the molecule is COCCCCCNC(=O)c1cc(F)ccc1C#CCO. The molecule has 21 heavy (non-hydrogen) atoms. The number of halogens is 1. The molecule has 1 aromatic rings. The molecular weight excluding hydrogens is 273 g/mol. The van der Waals surface area contributed by atoms with E-state index in [0.717, 1.165) is 25.3 Å². The van der Waals surface area contributed by atoms with E-state index < -0.39 is 5.82 Å². The third kappa shape index (κ3) is 6.39. The fraction of sp³-hybridized carbons (Fsp3) is 0.438. The fourth-order valence-corrected chi connectivity index (χ4v) is 1.79. The lowest BCUT2D eigenvalue weighted by Gasteiger charge is -2.07. The first-order valence-corrected chi connectivity index (χ1v) is 6.85. The lowest BCUT2D eigenvalue weighted by atomic mass is 10.1. The second-order valence-electron chi connectivity index (χ2n) is 4.46. The zero-order valence-electron chi connectivity index (χ0n) is 12.1. The van der Waals surface area contributed by atoms with Crippen LogP contribution in [-0.2, 0) is 4.74 Å². The van der Waals surface area contributed by atoms with Crippen molar-refractivity contribution in [3.63, 3.8) is 0 Å². The van der Waals surface area contributed by atoms with Crippen LogP contribution in [0.15, 0.2) is 18.2 Å².